The number of aryl methyl sites for hydroxylation is 1. The summed E-state index contributed by atoms with van der Waals surface area (Å²) in [5, 5.41) is 15.4. The van der Waals surface area contributed by atoms with E-state index in [-0.39, 0.29) is 29.5 Å². The van der Waals surface area contributed by atoms with Crippen molar-refractivity contribution in [2.45, 2.75) is 25.8 Å². The van der Waals surface area contributed by atoms with E-state index in [1.165, 1.54) is 26.4 Å². The van der Waals surface area contributed by atoms with E-state index in [0.29, 0.717) is 52.7 Å². The molecule has 0 radical (unpaired) electrons. The fraction of sp³-hybridized carbons (Fsp3) is 0.258. The molecule has 222 valence electrons. The topological polar surface area (TPSA) is 157 Å². The van der Waals surface area contributed by atoms with Crippen molar-refractivity contribution in [3.8, 4) is 39.8 Å². The molecule has 2 amide bonds. The lowest BCUT2D eigenvalue weighted by atomic mass is 9.95. The van der Waals surface area contributed by atoms with Crippen LogP contribution in [-0.4, -0.2) is 54.9 Å². The van der Waals surface area contributed by atoms with Gasteiger partial charge >= 0.3 is 0 Å². The van der Waals surface area contributed by atoms with Crippen molar-refractivity contribution in [1.29, 1.82) is 0 Å². The number of rotatable bonds is 9. The van der Waals surface area contributed by atoms with Crippen LogP contribution >= 0.6 is 0 Å². The normalized spacial score (nSPS) is 13.5. The highest BCUT2D eigenvalue weighted by molar-refractivity contribution is 5.94. The van der Waals surface area contributed by atoms with E-state index >= 15 is 0 Å². The second-order valence-corrected chi connectivity index (χ2v) is 9.91. The third kappa shape index (κ3) is 6.13. The first-order chi connectivity index (χ1) is 20.8. The fourth-order valence-electron chi connectivity index (χ4n) is 5.32. The molecule has 5 rings (SSSR count). The second-order valence-electron chi connectivity index (χ2n) is 9.91. The number of carbonyl (C=O) groups excluding carboxylic acids is 2. The summed E-state index contributed by atoms with van der Waals surface area (Å²) in [6, 6.07) is 13.6. The van der Waals surface area contributed by atoms with Crippen LogP contribution in [0.4, 0.5) is 11.4 Å². The Morgan fingerprint density at radius 2 is 1.84 bits per heavy atom. The van der Waals surface area contributed by atoms with Gasteiger partial charge in [-0.25, -0.2) is 4.98 Å². The molecule has 0 bridgehead atoms. The van der Waals surface area contributed by atoms with Crippen LogP contribution in [0.15, 0.2) is 59.7 Å². The number of aromatic nitrogens is 3. The molecule has 12 nitrogen and oxygen atoms in total. The highest BCUT2D eigenvalue weighted by Gasteiger charge is 2.29. The molecule has 1 aliphatic rings. The molecule has 3 aromatic carbocycles. The maximum atomic E-state index is 13.5. The predicted molar refractivity (Wildman–Crippen MR) is 162 cm³/mol. The Hall–Kier alpha value is -5.39. The van der Waals surface area contributed by atoms with Crippen molar-refractivity contribution in [2.24, 2.45) is 0 Å². The summed E-state index contributed by atoms with van der Waals surface area (Å²) in [6.07, 6.45) is 2.54. The van der Waals surface area contributed by atoms with Crippen molar-refractivity contribution in [1.82, 2.24) is 20.5 Å². The number of methoxy groups -OCH3 is 3. The van der Waals surface area contributed by atoms with Crippen molar-refractivity contribution in [3.63, 3.8) is 0 Å². The van der Waals surface area contributed by atoms with Crippen molar-refractivity contribution < 1.29 is 23.8 Å². The molecule has 12 heteroatoms. The minimum absolute atomic E-state index is 0.156. The van der Waals surface area contributed by atoms with E-state index in [9.17, 15) is 14.4 Å². The molecular formula is C31H32N6O6. The van der Waals surface area contributed by atoms with Gasteiger partial charge < -0.3 is 30.2 Å². The minimum Gasteiger partial charge on any atom is -0.493 e. The summed E-state index contributed by atoms with van der Waals surface area (Å²) < 4.78 is 17.0. The van der Waals surface area contributed by atoms with Crippen LogP contribution < -0.4 is 35.6 Å². The molecule has 43 heavy (non-hydrogen) atoms. The van der Waals surface area contributed by atoms with Gasteiger partial charge in [0.1, 0.15) is 6.33 Å². The standard InChI is InChI=1S/C31H32N6O6/c1-17(38)35-23-10-8-18-13-26(41-2)29(42-3)30(43-4)28(18)21-9-11-24(25(39)14-22(21)23)32-15-27(40)36-20-7-5-6-19(12-20)31-33-16-34-37-31/h5-7,9,11-14,16,23H,8,10,15H2,1-4H3,(H,32,39)(H,35,38)(H,36,40)(H,33,34,37)/t23-/m1/s1. The third-order valence-corrected chi connectivity index (χ3v) is 7.19. The minimum atomic E-state index is -0.436. The van der Waals surface area contributed by atoms with Crippen LogP contribution in [0.3, 0.4) is 0 Å². The summed E-state index contributed by atoms with van der Waals surface area (Å²) in [5.41, 5.74) is 4.22. The Morgan fingerprint density at radius 3 is 2.53 bits per heavy atom. The fourth-order valence-corrected chi connectivity index (χ4v) is 5.32. The average Bonchev–Trinajstić information content (AvgIpc) is 3.44. The number of anilines is 2. The Labute approximate surface area is 247 Å². The molecule has 0 aliphatic heterocycles. The summed E-state index contributed by atoms with van der Waals surface area (Å²) in [5.74, 6) is 1.41. The monoisotopic (exact) mass is 584 g/mol. The van der Waals surface area contributed by atoms with Gasteiger partial charge in [-0.3, -0.25) is 19.5 Å². The van der Waals surface area contributed by atoms with E-state index in [2.05, 4.69) is 31.1 Å². The van der Waals surface area contributed by atoms with Crippen LogP contribution in [0.5, 0.6) is 17.2 Å². The zero-order chi connectivity index (χ0) is 30.5. The highest BCUT2D eigenvalue weighted by atomic mass is 16.5. The Kier molecular flexibility index (Phi) is 8.56. The SMILES string of the molecule is COc1cc2c(c(OC)c1OC)-c1ccc(NCC(=O)Nc3cccc(-c4ncn[nH]4)c3)c(=O)cc1[C@H](NC(C)=O)CC2. The number of amides is 2. The zero-order valence-electron chi connectivity index (χ0n) is 24.2. The summed E-state index contributed by atoms with van der Waals surface area (Å²) in [4.78, 5) is 42.6. The number of hydrogen-bond donors (Lipinski definition) is 4. The number of benzene rings is 2. The van der Waals surface area contributed by atoms with Crippen molar-refractivity contribution >= 4 is 23.2 Å². The molecule has 4 N–H and O–H groups in total. The van der Waals surface area contributed by atoms with Crippen LogP contribution in [-0.2, 0) is 16.0 Å². The number of carbonyl (C=O) groups is 2. The average molecular weight is 585 g/mol. The second kappa shape index (κ2) is 12.6. The molecule has 1 aromatic heterocycles. The Balaban J connectivity index is 1.48. The van der Waals surface area contributed by atoms with Crippen molar-refractivity contribution in [2.75, 3.05) is 38.5 Å². The van der Waals surface area contributed by atoms with Gasteiger partial charge in [-0.15, -0.1) is 0 Å². The van der Waals surface area contributed by atoms with E-state index in [4.69, 9.17) is 14.2 Å². The van der Waals surface area contributed by atoms with Crippen LogP contribution in [0.2, 0.25) is 0 Å². The van der Waals surface area contributed by atoms with Gasteiger partial charge in [0.2, 0.25) is 23.0 Å². The molecule has 1 heterocycles. The summed E-state index contributed by atoms with van der Waals surface area (Å²) >= 11 is 0. The number of nitrogens with one attached hydrogen (secondary N) is 4. The van der Waals surface area contributed by atoms with Crippen molar-refractivity contribution in [3.05, 3.63) is 76.2 Å². The number of hydrogen-bond acceptors (Lipinski definition) is 9. The number of fused-ring (bicyclic) bond motifs is 3. The third-order valence-electron chi connectivity index (χ3n) is 7.19. The summed E-state index contributed by atoms with van der Waals surface area (Å²) in [6.45, 7) is 1.29. The largest absolute Gasteiger partial charge is 0.493 e. The van der Waals surface area contributed by atoms with Gasteiger partial charge in [-0.2, -0.15) is 5.10 Å². The van der Waals surface area contributed by atoms with Gasteiger partial charge in [0.15, 0.2) is 17.3 Å². The Morgan fingerprint density at radius 1 is 1.02 bits per heavy atom. The molecule has 0 saturated heterocycles. The van der Waals surface area contributed by atoms with E-state index in [1.54, 1.807) is 44.6 Å². The zero-order valence-corrected chi connectivity index (χ0v) is 24.2. The number of H-pyrrole nitrogens is 1. The van der Waals surface area contributed by atoms with Gasteiger partial charge in [0, 0.05) is 23.7 Å². The quantitative estimate of drug-likeness (QED) is 0.230. The molecule has 0 saturated carbocycles. The maximum Gasteiger partial charge on any atom is 0.243 e. The molecule has 0 unspecified atom stereocenters. The Bertz CT molecular complexity index is 1720. The number of nitrogens with zero attached hydrogens (tertiary/aromatic N) is 2. The maximum absolute atomic E-state index is 13.5. The lowest BCUT2D eigenvalue weighted by Crippen LogP contribution is -2.27. The predicted octanol–water partition coefficient (Wildman–Crippen LogP) is 3.70. The van der Waals surface area contributed by atoms with Gasteiger partial charge in [0.25, 0.3) is 0 Å². The van der Waals surface area contributed by atoms with Crippen LogP contribution in [0, 0.1) is 0 Å². The molecule has 1 aliphatic carbocycles. The first-order valence-electron chi connectivity index (χ1n) is 13.6. The lowest BCUT2D eigenvalue weighted by molar-refractivity contribution is -0.119. The van der Waals surface area contributed by atoms with Crippen LogP contribution in [0.25, 0.3) is 22.5 Å². The van der Waals surface area contributed by atoms with Gasteiger partial charge in [-0.1, -0.05) is 18.2 Å². The van der Waals surface area contributed by atoms with E-state index in [1.807, 2.05) is 12.1 Å². The number of ether oxygens (including phenoxy) is 3. The highest BCUT2D eigenvalue weighted by Crippen LogP contribution is 2.50. The van der Waals surface area contributed by atoms with Gasteiger partial charge in [0.05, 0.1) is 39.6 Å². The lowest BCUT2D eigenvalue weighted by Gasteiger charge is -2.19. The molecule has 1 atom stereocenters. The smallest absolute Gasteiger partial charge is 0.243 e. The number of aromatic amines is 1. The first-order valence-corrected chi connectivity index (χ1v) is 13.6. The molecule has 0 fully saturated rings. The molecule has 0 spiro atoms. The van der Waals surface area contributed by atoms with E-state index < -0.39 is 6.04 Å². The molecule has 4 aromatic rings. The van der Waals surface area contributed by atoms with Crippen LogP contribution in [0.1, 0.15) is 30.5 Å². The van der Waals surface area contributed by atoms with Gasteiger partial charge in [-0.05, 0) is 59.9 Å². The molecular weight excluding hydrogens is 552 g/mol. The van der Waals surface area contributed by atoms with E-state index in [0.717, 1.165) is 16.7 Å². The summed E-state index contributed by atoms with van der Waals surface area (Å²) in [7, 11) is 4.63. The first kappa shape index (κ1) is 29.1.